The third kappa shape index (κ3) is 4.06. The molecule has 1 aliphatic carbocycles. The van der Waals surface area contributed by atoms with Crippen LogP contribution >= 0.6 is 0 Å². The molecule has 2 N–H and O–H groups in total. The number of carbonyl (C=O) groups is 1. The summed E-state index contributed by atoms with van der Waals surface area (Å²) >= 11 is 0. The van der Waals surface area contributed by atoms with Crippen LogP contribution in [0.1, 0.15) is 69.6 Å². The van der Waals surface area contributed by atoms with E-state index in [0.717, 1.165) is 6.54 Å². The molecule has 1 fully saturated rings. The number of rotatable bonds is 6. The van der Waals surface area contributed by atoms with Gasteiger partial charge in [-0.1, -0.05) is 6.92 Å². The van der Waals surface area contributed by atoms with Gasteiger partial charge in [0.05, 0.1) is 5.54 Å². The fraction of sp³-hybridized carbons (Fsp3) is 0.750. The van der Waals surface area contributed by atoms with Gasteiger partial charge in [0.25, 0.3) is 5.91 Å². The van der Waals surface area contributed by atoms with E-state index >= 15 is 0 Å². The molecule has 5 nitrogen and oxygen atoms in total. The summed E-state index contributed by atoms with van der Waals surface area (Å²) in [7, 11) is 0. The van der Waals surface area contributed by atoms with Gasteiger partial charge in [-0.3, -0.25) is 9.48 Å². The number of carbonyl (C=O) groups excluding carboxylic acids is 1. The van der Waals surface area contributed by atoms with Crippen LogP contribution in [0.2, 0.25) is 0 Å². The SMILES string of the molecule is CCN[C@H](C)CNC(=O)c1cc(C2CC2)n(C(C)(C)C)n1. The van der Waals surface area contributed by atoms with Crippen molar-refractivity contribution >= 4 is 5.91 Å². The second kappa shape index (κ2) is 6.18. The van der Waals surface area contributed by atoms with Gasteiger partial charge in [-0.15, -0.1) is 0 Å². The van der Waals surface area contributed by atoms with E-state index in [-0.39, 0.29) is 17.5 Å². The van der Waals surface area contributed by atoms with E-state index in [1.165, 1.54) is 18.5 Å². The largest absolute Gasteiger partial charge is 0.349 e. The molecule has 1 heterocycles. The molecule has 0 unspecified atom stereocenters. The zero-order valence-corrected chi connectivity index (χ0v) is 13.9. The van der Waals surface area contributed by atoms with Crippen LogP contribution in [0, 0.1) is 0 Å². The summed E-state index contributed by atoms with van der Waals surface area (Å²) in [5, 5.41) is 10.8. The van der Waals surface area contributed by atoms with Crippen LogP contribution in [0.5, 0.6) is 0 Å². The highest BCUT2D eigenvalue weighted by molar-refractivity contribution is 5.92. The van der Waals surface area contributed by atoms with Crippen LogP contribution in [0.4, 0.5) is 0 Å². The molecule has 1 aromatic rings. The Labute approximate surface area is 127 Å². The molecule has 1 amide bonds. The normalized spacial score (nSPS) is 16.8. The van der Waals surface area contributed by atoms with Crippen molar-refractivity contribution in [1.82, 2.24) is 20.4 Å². The van der Waals surface area contributed by atoms with Crippen molar-refractivity contribution in [3.8, 4) is 0 Å². The minimum atomic E-state index is -0.0898. The lowest BCUT2D eigenvalue weighted by molar-refractivity contribution is 0.0943. The van der Waals surface area contributed by atoms with Crippen LogP contribution < -0.4 is 10.6 Å². The average Bonchev–Trinajstić information content (AvgIpc) is 3.13. The number of hydrogen-bond acceptors (Lipinski definition) is 3. The van der Waals surface area contributed by atoms with E-state index in [1.807, 2.05) is 10.7 Å². The van der Waals surface area contributed by atoms with Gasteiger partial charge < -0.3 is 10.6 Å². The van der Waals surface area contributed by atoms with Crippen LogP contribution in [0.3, 0.4) is 0 Å². The van der Waals surface area contributed by atoms with Gasteiger partial charge >= 0.3 is 0 Å². The van der Waals surface area contributed by atoms with E-state index < -0.39 is 0 Å². The first-order chi connectivity index (χ1) is 9.82. The van der Waals surface area contributed by atoms with E-state index in [4.69, 9.17) is 0 Å². The second-order valence-electron chi connectivity index (χ2n) is 6.98. The minimum absolute atomic E-state index is 0.0790. The lowest BCUT2D eigenvalue weighted by Crippen LogP contribution is -2.39. The fourth-order valence-electron chi connectivity index (χ4n) is 2.47. The van der Waals surface area contributed by atoms with Crippen molar-refractivity contribution in [2.24, 2.45) is 0 Å². The summed E-state index contributed by atoms with van der Waals surface area (Å²) in [6.45, 7) is 12.0. The van der Waals surface area contributed by atoms with Crippen molar-refractivity contribution in [1.29, 1.82) is 0 Å². The molecule has 0 saturated heterocycles. The number of nitrogens with zero attached hydrogens (tertiary/aromatic N) is 2. The number of hydrogen-bond donors (Lipinski definition) is 2. The van der Waals surface area contributed by atoms with E-state index in [0.29, 0.717) is 18.2 Å². The second-order valence-corrected chi connectivity index (χ2v) is 6.98. The lowest BCUT2D eigenvalue weighted by Gasteiger charge is -2.22. The maximum atomic E-state index is 12.3. The number of likely N-dealkylation sites (N-methyl/N-ethyl adjacent to an activating group) is 1. The van der Waals surface area contributed by atoms with Gasteiger partial charge in [0, 0.05) is 24.2 Å². The zero-order chi connectivity index (χ0) is 15.6. The molecular formula is C16H28N4O. The van der Waals surface area contributed by atoms with Crippen molar-refractivity contribution in [3.63, 3.8) is 0 Å². The van der Waals surface area contributed by atoms with Gasteiger partial charge in [0.1, 0.15) is 5.69 Å². The lowest BCUT2D eigenvalue weighted by atomic mass is 10.1. The van der Waals surface area contributed by atoms with E-state index in [9.17, 15) is 4.79 Å². The molecule has 2 rings (SSSR count). The van der Waals surface area contributed by atoms with Crippen molar-refractivity contribution in [2.45, 2.75) is 65.0 Å². The average molecular weight is 292 g/mol. The Morgan fingerprint density at radius 3 is 2.67 bits per heavy atom. The standard InChI is InChI=1S/C16H28N4O/c1-6-17-11(2)10-18-15(21)13-9-14(12-7-8-12)20(19-13)16(3,4)5/h9,11-12,17H,6-8,10H2,1-5H3,(H,18,21)/t11-/m1/s1. The summed E-state index contributed by atoms with van der Waals surface area (Å²) in [6.07, 6.45) is 2.42. The van der Waals surface area contributed by atoms with Gasteiger partial charge in [0.15, 0.2) is 0 Å². The summed E-state index contributed by atoms with van der Waals surface area (Å²) in [4.78, 5) is 12.3. The molecule has 5 heteroatoms. The molecule has 0 aliphatic heterocycles. The molecule has 118 valence electrons. The van der Waals surface area contributed by atoms with Gasteiger partial charge in [-0.25, -0.2) is 0 Å². The van der Waals surface area contributed by atoms with Crippen molar-refractivity contribution in [3.05, 3.63) is 17.5 Å². The Morgan fingerprint density at radius 1 is 1.48 bits per heavy atom. The molecule has 1 saturated carbocycles. The maximum Gasteiger partial charge on any atom is 0.271 e. The Kier molecular flexibility index (Phi) is 4.71. The summed E-state index contributed by atoms with van der Waals surface area (Å²) in [5.41, 5.74) is 1.65. The highest BCUT2D eigenvalue weighted by Gasteiger charge is 2.32. The first-order valence-electron chi connectivity index (χ1n) is 7.95. The van der Waals surface area contributed by atoms with Crippen LogP contribution in [0.15, 0.2) is 6.07 Å². The smallest absolute Gasteiger partial charge is 0.271 e. The maximum absolute atomic E-state index is 12.3. The molecule has 21 heavy (non-hydrogen) atoms. The van der Waals surface area contributed by atoms with Gasteiger partial charge in [0.2, 0.25) is 0 Å². The van der Waals surface area contributed by atoms with Crippen LogP contribution in [0.25, 0.3) is 0 Å². The zero-order valence-electron chi connectivity index (χ0n) is 13.9. The molecular weight excluding hydrogens is 264 g/mol. The Morgan fingerprint density at radius 2 is 2.14 bits per heavy atom. The van der Waals surface area contributed by atoms with Crippen LogP contribution in [-0.4, -0.2) is 34.8 Å². The molecule has 0 aromatic carbocycles. The number of amides is 1. The minimum Gasteiger partial charge on any atom is -0.349 e. The van der Waals surface area contributed by atoms with Gasteiger partial charge in [-0.2, -0.15) is 5.10 Å². The Balaban J connectivity index is 2.07. The fourth-order valence-corrected chi connectivity index (χ4v) is 2.47. The number of aromatic nitrogens is 2. The molecule has 1 aromatic heterocycles. The Hall–Kier alpha value is -1.36. The molecule has 1 aliphatic rings. The first-order valence-corrected chi connectivity index (χ1v) is 7.95. The predicted molar refractivity (Wildman–Crippen MR) is 84.7 cm³/mol. The summed E-state index contributed by atoms with van der Waals surface area (Å²) in [5.74, 6) is 0.503. The quantitative estimate of drug-likeness (QED) is 0.845. The van der Waals surface area contributed by atoms with Crippen molar-refractivity contribution in [2.75, 3.05) is 13.1 Å². The molecule has 1 atom stereocenters. The molecule has 0 spiro atoms. The topological polar surface area (TPSA) is 58.9 Å². The summed E-state index contributed by atoms with van der Waals surface area (Å²) in [6, 6.07) is 2.24. The monoisotopic (exact) mass is 292 g/mol. The van der Waals surface area contributed by atoms with Gasteiger partial charge in [-0.05, 0) is 53.1 Å². The third-order valence-electron chi connectivity index (χ3n) is 3.72. The third-order valence-corrected chi connectivity index (χ3v) is 3.72. The highest BCUT2D eigenvalue weighted by Crippen LogP contribution is 2.41. The van der Waals surface area contributed by atoms with Crippen molar-refractivity contribution < 1.29 is 4.79 Å². The molecule has 0 bridgehead atoms. The Bertz CT molecular complexity index is 497. The first kappa shape index (κ1) is 16.0. The highest BCUT2D eigenvalue weighted by atomic mass is 16.1. The van der Waals surface area contributed by atoms with Crippen LogP contribution in [-0.2, 0) is 5.54 Å². The van der Waals surface area contributed by atoms with E-state index in [2.05, 4.69) is 50.4 Å². The predicted octanol–water partition coefficient (Wildman–Crippen LogP) is 2.24. The van der Waals surface area contributed by atoms with E-state index in [1.54, 1.807) is 0 Å². The molecule has 0 radical (unpaired) electrons. The number of nitrogens with one attached hydrogen (secondary N) is 2. The summed E-state index contributed by atoms with van der Waals surface area (Å²) < 4.78 is 2.02.